The molecule has 0 bridgehead atoms. The van der Waals surface area contributed by atoms with Crippen molar-refractivity contribution in [3.63, 3.8) is 0 Å². The number of methoxy groups -OCH3 is 3. The Morgan fingerprint density at radius 2 is 1.68 bits per heavy atom. The number of benzene rings is 3. The lowest BCUT2D eigenvalue weighted by Gasteiger charge is -2.13. The van der Waals surface area contributed by atoms with Crippen molar-refractivity contribution in [3.8, 4) is 29.1 Å². The van der Waals surface area contributed by atoms with Crippen LogP contribution in [0, 0.1) is 21.4 Å². The molecule has 10 nitrogen and oxygen atoms in total. The lowest BCUT2D eigenvalue weighted by molar-refractivity contribution is -0.384. The van der Waals surface area contributed by atoms with Crippen molar-refractivity contribution in [1.29, 1.82) is 5.26 Å². The molecule has 0 fully saturated rings. The molecule has 37 heavy (non-hydrogen) atoms. The first-order valence-electron chi connectivity index (χ1n) is 10.7. The van der Waals surface area contributed by atoms with Crippen LogP contribution in [0.1, 0.15) is 11.1 Å². The summed E-state index contributed by atoms with van der Waals surface area (Å²) in [6, 6.07) is 15.8. The minimum absolute atomic E-state index is 0.0107. The summed E-state index contributed by atoms with van der Waals surface area (Å²) in [4.78, 5) is 23.1. The van der Waals surface area contributed by atoms with Crippen molar-refractivity contribution in [2.45, 2.75) is 6.61 Å². The number of anilines is 1. The Labute approximate surface area is 217 Å². The Morgan fingerprint density at radius 1 is 1.00 bits per heavy atom. The van der Waals surface area contributed by atoms with Crippen LogP contribution < -0.4 is 24.3 Å². The molecule has 3 rings (SSSR count). The van der Waals surface area contributed by atoms with E-state index in [1.165, 1.54) is 51.7 Å². The van der Waals surface area contributed by atoms with E-state index >= 15 is 0 Å². The van der Waals surface area contributed by atoms with E-state index in [0.29, 0.717) is 33.6 Å². The maximum absolute atomic E-state index is 12.8. The van der Waals surface area contributed by atoms with Gasteiger partial charge in [-0.05, 0) is 41.5 Å². The molecule has 3 aromatic rings. The molecule has 0 aliphatic heterocycles. The molecule has 0 aliphatic carbocycles. The number of ether oxygens (including phenoxy) is 4. The van der Waals surface area contributed by atoms with E-state index in [1.807, 2.05) is 6.07 Å². The molecule has 0 saturated heterocycles. The first-order chi connectivity index (χ1) is 17.8. The third-order valence-electron chi connectivity index (χ3n) is 5.13. The van der Waals surface area contributed by atoms with Gasteiger partial charge in [-0.1, -0.05) is 17.7 Å². The molecule has 0 aromatic heterocycles. The maximum Gasteiger partial charge on any atom is 0.269 e. The molecule has 0 unspecified atom stereocenters. The van der Waals surface area contributed by atoms with Gasteiger partial charge in [0.25, 0.3) is 11.6 Å². The molecular weight excluding hydrogens is 502 g/mol. The second-order valence-corrected chi connectivity index (χ2v) is 7.84. The van der Waals surface area contributed by atoms with Crippen molar-refractivity contribution in [3.05, 3.63) is 86.4 Å². The zero-order valence-corrected chi connectivity index (χ0v) is 20.9. The van der Waals surface area contributed by atoms with Crippen molar-refractivity contribution in [2.24, 2.45) is 0 Å². The standard InChI is InChI=1S/C26H22ClN3O7/c1-34-23-13-21(24(35-2)12-20(23)27)29-26(31)18(14-28)10-17-6-9-22(25(11-17)36-3)37-15-16-4-7-19(8-5-16)30(32)33/h4-13H,15H2,1-3H3,(H,29,31)/b18-10+. The van der Waals surface area contributed by atoms with E-state index < -0.39 is 10.8 Å². The second kappa shape index (κ2) is 12.3. The van der Waals surface area contributed by atoms with Crippen molar-refractivity contribution in [1.82, 2.24) is 0 Å². The number of non-ortho nitro benzene ring substituents is 1. The number of nitrogens with zero attached hydrogens (tertiary/aromatic N) is 2. The van der Waals surface area contributed by atoms with Crippen LogP contribution in [0.2, 0.25) is 5.02 Å². The monoisotopic (exact) mass is 523 g/mol. The smallest absolute Gasteiger partial charge is 0.269 e. The van der Waals surface area contributed by atoms with E-state index in [9.17, 15) is 20.2 Å². The van der Waals surface area contributed by atoms with Gasteiger partial charge in [0, 0.05) is 24.3 Å². The highest BCUT2D eigenvalue weighted by Crippen LogP contribution is 2.36. The number of carbonyl (C=O) groups is 1. The highest BCUT2D eigenvalue weighted by molar-refractivity contribution is 6.32. The highest BCUT2D eigenvalue weighted by Gasteiger charge is 2.16. The minimum atomic E-state index is -0.664. The fourth-order valence-electron chi connectivity index (χ4n) is 3.23. The number of halogens is 1. The van der Waals surface area contributed by atoms with Crippen molar-refractivity contribution >= 4 is 35.0 Å². The maximum atomic E-state index is 12.8. The lowest BCUT2D eigenvalue weighted by atomic mass is 10.1. The second-order valence-electron chi connectivity index (χ2n) is 7.43. The van der Waals surface area contributed by atoms with E-state index in [2.05, 4.69) is 5.32 Å². The van der Waals surface area contributed by atoms with Crippen LogP contribution in [0.25, 0.3) is 6.08 Å². The Kier molecular flexibility index (Phi) is 8.91. The molecule has 190 valence electrons. The number of hydrogen-bond donors (Lipinski definition) is 1. The van der Waals surface area contributed by atoms with Gasteiger partial charge in [0.2, 0.25) is 0 Å². The molecule has 0 saturated carbocycles. The molecule has 0 spiro atoms. The first kappa shape index (κ1) is 26.8. The van der Waals surface area contributed by atoms with Gasteiger partial charge in [-0.2, -0.15) is 5.26 Å². The Hall–Kier alpha value is -4.75. The molecular formula is C26H22ClN3O7. The number of nitriles is 1. The molecule has 1 amide bonds. The Morgan fingerprint density at radius 3 is 2.27 bits per heavy atom. The number of carbonyl (C=O) groups excluding carboxylic acids is 1. The predicted molar refractivity (Wildman–Crippen MR) is 137 cm³/mol. The third kappa shape index (κ3) is 6.68. The number of amides is 1. The van der Waals surface area contributed by atoms with Gasteiger partial charge in [0.1, 0.15) is 29.7 Å². The zero-order valence-electron chi connectivity index (χ0n) is 20.1. The molecule has 0 radical (unpaired) electrons. The van der Waals surface area contributed by atoms with Gasteiger partial charge in [-0.25, -0.2) is 0 Å². The van der Waals surface area contributed by atoms with E-state index in [1.54, 1.807) is 30.3 Å². The molecule has 3 aromatic carbocycles. The fourth-order valence-corrected chi connectivity index (χ4v) is 3.46. The van der Waals surface area contributed by atoms with E-state index in [0.717, 1.165) is 5.56 Å². The topological polar surface area (TPSA) is 133 Å². The van der Waals surface area contributed by atoms with Crippen LogP contribution in [0.3, 0.4) is 0 Å². The van der Waals surface area contributed by atoms with E-state index in [-0.39, 0.29) is 23.6 Å². The summed E-state index contributed by atoms with van der Waals surface area (Å²) in [5.74, 6) is 0.751. The van der Waals surface area contributed by atoms with Gasteiger partial charge in [-0.3, -0.25) is 14.9 Å². The number of nitro benzene ring substituents is 1. The van der Waals surface area contributed by atoms with E-state index in [4.69, 9.17) is 30.5 Å². The first-order valence-corrected chi connectivity index (χ1v) is 11.1. The van der Waals surface area contributed by atoms with Crippen LogP contribution in [-0.4, -0.2) is 32.2 Å². The van der Waals surface area contributed by atoms with Gasteiger partial charge >= 0.3 is 0 Å². The minimum Gasteiger partial charge on any atom is -0.495 e. The SMILES string of the molecule is COc1cc(NC(=O)/C(C#N)=C/c2ccc(OCc3ccc([N+](=O)[O-])cc3)c(OC)c2)c(OC)cc1Cl. The van der Waals surface area contributed by atoms with Crippen molar-refractivity contribution in [2.75, 3.05) is 26.6 Å². The third-order valence-corrected chi connectivity index (χ3v) is 5.42. The fraction of sp³-hybridized carbons (Fsp3) is 0.154. The Bertz CT molecular complexity index is 1380. The summed E-state index contributed by atoms with van der Waals surface area (Å²) in [6.45, 7) is 0.155. The van der Waals surface area contributed by atoms with Gasteiger partial charge < -0.3 is 24.3 Å². The van der Waals surface area contributed by atoms with Crippen LogP contribution in [0.5, 0.6) is 23.0 Å². The van der Waals surface area contributed by atoms with Crippen LogP contribution in [-0.2, 0) is 11.4 Å². The highest BCUT2D eigenvalue weighted by atomic mass is 35.5. The zero-order chi connectivity index (χ0) is 26.9. The summed E-state index contributed by atoms with van der Waals surface area (Å²) in [5.41, 5.74) is 1.35. The normalized spacial score (nSPS) is 10.7. The number of nitro groups is 1. The summed E-state index contributed by atoms with van der Waals surface area (Å²) in [7, 11) is 4.32. The predicted octanol–water partition coefficient (Wildman–Crippen LogP) is 5.40. The number of rotatable bonds is 10. The average molecular weight is 524 g/mol. The summed E-state index contributed by atoms with van der Waals surface area (Å²) in [5, 5.41) is 23.3. The quantitative estimate of drug-likeness (QED) is 0.162. The van der Waals surface area contributed by atoms with Crippen LogP contribution in [0.4, 0.5) is 11.4 Å². The van der Waals surface area contributed by atoms with Gasteiger partial charge in [0.15, 0.2) is 11.5 Å². The van der Waals surface area contributed by atoms with Crippen LogP contribution >= 0.6 is 11.6 Å². The van der Waals surface area contributed by atoms with Gasteiger partial charge in [0.05, 0.1) is 37.0 Å². The average Bonchev–Trinajstić information content (AvgIpc) is 2.91. The summed E-state index contributed by atoms with van der Waals surface area (Å²) in [6.07, 6.45) is 1.40. The largest absolute Gasteiger partial charge is 0.495 e. The number of nitrogens with one attached hydrogen (secondary N) is 1. The number of hydrogen-bond acceptors (Lipinski definition) is 8. The molecule has 1 N–H and O–H groups in total. The summed E-state index contributed by atoms with van der Waals surface area (Å²) < 4.78 is 21.6. The lowest BCUT2D eigenvalue weighted by Crippen LogP contribution is -2.14. The van der Waals surface area contributed by atoms with Gasteiger partial charge in [-0.15, -0.1) is 0 Å². The molecule has 11 heteroatoms. The van der Waals surface area contributed by atoms with Crippen LogP contribution in [0.15, 0.2) is 60.2 Å². The van der Waals surface area contributed by atoms with Crippen molar-refractivity contribution < 1.29 is 28.7 Å². The molecule has 0 atom stereocenters. The molecule has 0 aliphatic rings. The molecule has 0 heterocycles. The Balaban J connectivity index is 1.78. The summed E-state index contributed by atoms with van der Waals surface area (Å²) >= 11 is 6.10.